The second-order valence-corrected chi connectivity index (χ2v) is 5.31. The smallest absolute Gasteiger partial charge is 0.122 e. The van der Waals surface area contributed by atoms with Gasteiger partial charge >= 0.3 is 0 Å². The average Bonchev–Trinajstić information content (AvgIpc) is 2.55. The first-order valence-electron chi connectivity index (χ1n) is 7.57. The summed E-state index contributed by atoms with van der Waals surface area (Å²) in [7, 11) is 3.39. The van der Waals surface area contributed by atoms with Crippen LogP contribution in [0.4, 0.5) is 0 Å². The van der Waals surface area contributed by atoms with Crippen LogP contribution in [-0.4, -0.2) is 45.3 Å². The Morgan fingerprint density at radius 1 is 1.13 bits per heavy atom. The van der Waals surface area contributed by atoms with E-state index in [1.807, 2.05) is 12.1 Å². The zero-order valence-corrected chi connectivity index (χ0v) is 15.5. The molecule has 0 spiro atoms. The van der Waals surface area contributed by atoms with Gasteiger partial charge in [-0.15, -0.1) is 31.4 Å². The first kappa shape index (κ1) is 22.1. The van der Waals surface area contributed by atoms with Crippen molar-refractivity contribution in [1.29, 1.82) is 0 Å². The molecule has 0 radical (unpaired) electrons. The predicted octanol–water partition coefficient (Wildman–Crippen LogP) is 3.46. The number of hydrogen-bond donors (Lipinski definition) is 1. The van der Waals surface area contributed by atoms with Gasteiger partial charge in [-0.2, -0.15) is 0 Å². The van der Waals surface area contributed by atoms with Crippen molar-refractivity contribution in [3.8, 4) is 11.5 Å². The van der Waals surface area contributed by atoms with Gasteiger partial charge in [0.2, 0.25) is 0 Å². The maximum atomic E-state index is 5.41. The molecule has 23 heavy (non-hydrogen) atoms. The molecule has 1 fully saturated rings. The van der Waals surface area contributed by atoms with Crippen molar-refractivity contribution in [2.75, 3.05) is 40.4 Å². The summed E-state index contributed by atoms with van der Waals surface area (Å²) < 4.78 is 10.8. The molecule has 6 heteroatoms. The lowest BCUT2D eigenvalue weighted by molar-refractivity contribution is 0.165. The first-order valence-corrected chi connectivity index (χ1v) is 7.57. The Labute approximate surface area is 152 Å². The molecule has 1 aromatic rings. The van der Waals surface area contributed by atoms with Gasteiger partial charge in [0, 0.05) is 38.3 Å². The van der Waals surface area contributed by atoms with Crippen LogP contribution in [0, 0.1) is 0 Å². The van der Waals surface area contributed by atoms with Crippen LogP contribution in [0.15, 0.2) is 30.9 Å². The van der Waals surface area contributed by atoms with Gasteiger partial charge in [0.05, 0.1) is 14.2 Å². The summed E-state index contributed by atoms with van der Waals surface area (Å²) in [5.74, 6) is 1.70. The molecule has 0 unspecified atom stereocenters. The van der Waals surface area contributed by atoms with Crippen molar-refractivity contribution in [2.24, 2.45) is 0 Å². The Morgan fingerprint density at radius 3 is 2.17 bits per heavy atom. The summed E-state index contributed by atoms with van der Waals surface area (Å²) >= 11 is 0. The SMILES string of the molecule is C=CCC[C@@H](c1cc(OC)cc(OC)c1)N1CCNCC1.Cl.Cl. The number of hydrogen-bond acceptors (Lipinski definition) is 4. The Morgan fingerprint density at radius 2 is 1.70 bits per heavy atom. The van der Waals surface area contributed by atoms with Crippen molar-refractivity contribution >= 4 is 24.8 Å². The number of allylic oxidation sites excluding steroid dienone is 1. The molecule has 0 aliphatic carbocycles. The van der Waals surface area contributed by atoms with Crippen LogP contribution in [0.1, 0.15) is 24.4 Å². The normalized spacial score (nSPS) is 15.7. The molecule has 2 rings (SSSR count). The Kier molecular flexibility index (Phi) is 11.1. The van der Waals surface area contributed by atoms with Crippen molar-refractivity contribution in [1.82, 2.24) is 10.2 Å². The van der Waals surface area contributed by atoms with Crippen molar-refractivity contribution in [2.45, 2.75) is 18.9 Å². The summed E-state index contributed by atoms with van der Waals surface area (Å²) in [5, 5.41) is 3.41. The molecule has 1 heterocycles. The summed E-state index contributed by atoms with van der Waals surface area (Å²) in [6, 6.07) is 6.55. The maximum Gasteiger partial charge on any atom is 0.122 e. The van der Waals surface area contributed by atoms with E-state index in [9.17, 15) is 0 Å². The fraction of sp³-hybridized carbons (Fsp3) is 0.529. The van der Waals surface area contributed by atoms with E-state index in [0.29, 0.717) is 6.04 Å². The molecule has 1 saturated heterocycles. The fourth-order valence-corrected chi connectivity index (χ4v) is 2.85. The van der Waals surface area contributed by atoms with Crippen molar-refractivity contribution in [3.63, 3.8) is 0 Å². The largest absolute Gasteiger partial charge is 0.497 e. The number of ether oxygens (including phenoxy) is 2. The van der Waals surface area contributed by atoms with Gasteiger partial charge < -0.3 is 14.8 Å². The third kappa shape index (κ3) is 6.22. The van der Waals surface area contributed by atoms with Crippen molar-refractivity contribution in [3.05, 3.63) is 36.4 Å². The van der Waals surface area contributed by atoms with Crippen LogP contribution >= 0.6 is 24.8 Å². The molecule has 1 aliphatic rings. The minimum absolute atomic E-state index is 0. The molecule has 0 aromatic heterocycles. The number of benzene rings is 1. The van der Waals surface area contributed by atoms with Crippen LogP contribution in [0.25, 0.3) is 0 Å². The van der Waals surface area contributed by atoms with Crippen LogP contribution in [-0.2, 0) is 0 Å². The fourth-order valence-electron chi connectivity index (χ4n) is 2.85. The second-order valence-electron chi connectivity index (χ2n) is 5.31. The third-order valence-corrected chi connectivity index (χ3v) is 4.00. The lowest BCUT2D eigenvalue weighted by atomic mass is 9.98. The van der Waals surface area contributed by atoms with E-state index in [2.05, 4.69) is 28.9 Å². The lowest BCUT2D eigenvalue weighted by Gasteiger charge is -2.35. The van der Waals surface area contributed by atoms with Crippen molar-refractivity contribution < 1.29 is 9.47 Å². The van der Waals surface area contributed by atoms with Gasteiger partial charge in [0.1, 0.15) is 11.5 Å². The molecule has 1 aliphatic heterocycles. The summed E-state index contributed by atoms with van der Waals surface area (Å²) in [5.41, 5.74) is 1.26. The van der Waals surface area contributed by atoms with Gasteiger partial charge in [0.25, 0.3) is 0 Å². The average molecular weight is 363 g/mol. The molecule has 1 aromatic carbocycles. The minimum atomic E-state index is 0. The van der Waals surface area contributed by atoms with E-state index in [1.54, 1.807) is 14.2 Å². The minimum Gasteiger partial charge on any atom is -0.497 e. The number of methoxy groups -OCH3 is 2. The Bertz CT molecular complexity index is 444. The Balaban J connectivity index is 0.00000242. The zero-order chi connectivity index (χ0) is 15.1. The molecule has 0 amide bonds. The van der Waals surface area contributed by atoms with E-state index in [-0.39, 0.29) is 24.8 Å². The standard InChI is InChI=1S/C17H26N2O2.2ClH/c1-4-5-6-17(19-9-7-18-8-10-19)14-11-15(20-2)13-16(12-14)21-3;;/h4,11-13,17-18H,1,5-10H2,2-3H3;2*1H/t17-;;/m0../s1. The van der Waals surface area contributed by atoms with E-state index >= 15 is 0 Å². The van der Waals surface area contributed by atoms with Crippen LogP contribution in [0.5, 0.6) is 11.5 Å². The highest BCUT2D eigenvalue weighted by molar-refractivity contribution is 5.85. The Hall–Kier alpha value is -0.940. The number of nitrogens with one attached hydrogen (secondary N) is 1. The van der Waals surface area contributed by atoms with Crippen LogP contribution in [0.2, 0.25) is 0 Å². The van der Waals surface area contributed by atoms with Gasteiger partial charge in [-0.05, 0) is 30.5 Å². The molecular formula is C17H28Cl2N2O2. The third-order valence-electron chi connectivity index (χ3n) is 4.00. The number of nitrogens with zero attached hydrogens (tertiary/aromatic N) is 1. The van der Waals surface area contributed by atoms with E-state index in [0.717, 1.165) is 50.5 Å². The van der Waals surface area contributed by atoms with Gasteiger partial charge in [-0.1, -0.05) is 6.08 Å². The number of piperazine rings is 1. The molecule has 1 atom stereocenters. The maximum absolute atomic E-state index is 5.41. The number of halogens is 2. The first-order chi connectivity index (χ1) is 10.3. The highest BCUT2D eigenvalue weighted by Gasteiger charge is 2.22. The summed E-state index contributed by atoms with van der Waals surface area (Å²) in [4.78, 5) is 2.54. The van der Waals surface area contributed by atoms with Crippen LogP contribution < -0.4 is 14.8 Å². The molecule has 0 bridgehead atoms. The van der Waals surface area contributed by atoms with Gasteiger partial charge in [-0.25, -0.2) is 0 Å². The summed E-state index contributed by atoms with van der Waals surface area (Å²) in [6.07, 6.45) is 4.07. The summed E-state index contributed by atoms with van der Waals surface area (Å²) in [6.45, 7) is 8.09. The molecule has 132 valence electrons. The second kappa shape index (κ2) is 11.6. The van der Waals surface area contributed by atoms with E-state index in [4.69, 9.17) is 9.47 Å². The quantitative estimate of drug-likeness (QED) is 0.753. The predicted molar refractivity (Wildman–Crippen MR) is 101 cm³/mol. The topological polar surface area (TPSA) is 33.7 Å². The molecule has 1 N–H and O–H groups in total. The zero-order valence-electron chi connectivity index (χ0n) is 13.9. The lowest BCUT2D eigenvalue weighted by Crippen LogP contribution is -2.45. The van der Waals surface area contributed by atoms with E-state index < -0.39 is 0 Å². The molecular weight excluding hydrogens is 335 g/mol. The van der Waals surface area contributed by atoms with Crippen LogP contribution in [0.3, 0.4) is 0 Å². The van der Waals surface area contributed by atoms with Gasteiger partial charge in [-0.3, -0.25) is 4.90 Å². The monoisotopic (exact) mass is 362 g/mol. The molecule has 0 saturated carbocycles. The van der Waals surface area contributed by atoms with Gasteiger partial charge in [0.15, 0.2) is 0 Å². The number of rotatable bonds is 7. The highest BCUT2D eigenvalue weighted by Crippen LogP contribution is 2.32. The van der Waals surface area contributed by atoms with E-state index in [1.165, 1.54) is 5.56 Å². The highest BCUT2D eigenvalue weighted by atomic mass is 35.5. The molecule has 4 nitrogen and oxygen atoms in total.